The SMILES string of the molecule is Cn1c(-c2cnc(Cl)nc2)nc2ccccc21. The molecule has 3 aromatic rings. The Morgan fingerprint density at radius 1 is 1.12 bits per heavy atom. The normalized spacial score (nSPS) is 10.9. The molecule has 0 atom stereocenters. The van der Waals surface area contributed by atoms with Gasteiger partial charge in [-0.15, -0.1) is 0 Å². The van der Waals surface area contributed by atoms with Gasteiger partial charge in [-0.05, 0) is 23.7 Å². The van der Waals surface area contributed by atoms with E-state index in [2.05, 4.69) is 15.0 Å². The van der Waals surface area contributed by atoms with Gasteiger partial charge < -0.3 is 4.57 Å². The predicted octanol–water partition coefficient (Wildman–Crippen LogP) is 2.68. The molecule has 0 radical (unpaired) electrons. The maximum Gasteiger partial charge on any atom is 0.222 e. The maximum atomic E-state index is 5.67. The molecule has 3 rings (SSSR count). The first-order valence-corrected chi connectivity index (χ1v) is 5.53. The molecule has 4 nitrogen and oxygen atoms in total. The summed E-state index contributed by atoms with van der Waals surface area (Å²) in [7, 11) is 1.97. The van der Waals surface area contributed by atoms with Gasteiger partial charge in [0.1, 0.15) is 5.82 Å². The fourth-order valence-electron chi connectivity index (χ4n) is 1.83. The highest BCUT2D eigenvalue weighted by Crippen LogP contribution is 2.22. The van der Waals surface area contributed by atoms with E-state index in [1.54, 1.807) is 12.4 Å². The number of hydrogen-bond acceptors (Lipinski definition) is 3. The van der Waals surface area contributed by atoms with Crippen molar-refractivity contribution in [2.75, 3.05) is 0 Å². The zero-order valence-electron chi connectivity index (χ0n) is 9.13. The second kappa shape index (κ2) is 3.82. The molecule has 0 unspecified atom stereocenters. The van der Waals surface area contributed by atoms with Crippen LogP contribution in [0.25, 0.3) is 22.4 Å². The summed E-state index contributed by atoms with van der Waals surface area (Å²) < 4.78 is 2.02. The van der Waals surface area contributed by atoms with Crippen LogP contribution < -0.4 is 0 Å². The van der Waals surface area contributed by atoms with E-state index in [4.69, 9.17) is 11.6 Å². The molecule has 0 aliphatic carbocycles. The zero-order chi connectivity index (χ0) is 11.8. The quantitative estimate of drug-likeness (QED) is 0.618. The average Bonchev–Trinajstić information content (AvgIpc) is 2.69. The van der Waals surface area contributed by atoms with E-state index in [1.165, 1.54) is 0 Å². The standard InChI is InChI=1S/C12H9ClN4/c1-17-10-5-3-2-4-9(10)16-11(17)8-6-14-12(13)15-7-8/h2-7H,1H3. The van der Waals surface area contributed by atoms with Crippen molar-refractivity contribution >= 4 is 22.6 Å². The first kappa shape index (κ1) is 10.2. The van der Waals surface area contributed by atoms with E-state index in [-0.39, 0.29) is 5.28 Å². The number of halogens is 1. The summed E-state index contributed by atoms with van der Waals surface area (Å²) in [5, 5.41) is 0.243. The Morgan fingerprint density at radius 3 is 2.53 bits per heavy atom. The van der Waals surface area contributed by atoms with Crippen molar-refractivity contribution in [1.29, 1.82) is 0 Å². The highest BCUT2D eigenvalue weighted by atomic mass is 35.5. The molecule has 5 heteroatoms. The largest absolute Gasteiger partial charge is 0.327 e. The molecular weight excluding hydrogens is 236 g/mol. The van der Waals surface area contributed by atoms with Crippen molar-refractivity contribution in [3.63, 3.8) is 0 Å². The zero-order valence-corrected chi connectivity index (χ0v) is 9.89. The summed E-state index contributed by atoms with van der Waals surface area (Å²) in [5.74, 6) is 0.836. The van der Waals surface area contributed by atoms with Crippen molar-refractivity contribution in [2.45, 2.75) is 0 Å². The smallest absolute Gasteiger partial charge is 0.222 e. The molecule has 2 aromatic heterocycles. The number of fused-ring (bicyclic) bond motifs is 1. The van der Waals surface area contributed by atoms with Crippen molar-refractivity contribution in [3.8, 4) is 11.4 Å². The molecule has 0 saturated carbocycles. The highest BCUT2D eigenvalue weighted by molar-refractivity contribution is 6.28. The third-order valence-corrected chi connectivity index (χ3v) is 2.86. The summed E-state index contributed by atoms with van der Waals surface area (Å²) in [6.07, 6.45) is 3.35. The molecule has 1 aromatic carbocycles. The lowest BCUT2D eigenvalue weighted by Crippen LogP contribution is -1.94. The molecule has 0 fully saturated rings. The van der Waals surface area contributed by atoms with Crippen LogP contribution >= 0.6 is 11.6 Å². The van der Waals surface area contributed by atoms with E-state index in [0.717, 1.165) is 22.4 Å². The molecule has 0 amide bonds. The van der Waals surface area contributed by atoms with Crippen LogP contribution in [0.4, 0.5) is 0 Å². The van der Waals surface area contributed by atoms with Gasteiger partial charge in [-0.3, -0.25) is 0 Å². The number of para-hydroxylation sites is 2. The summed E-state index contributed by atoms with van der Waals surface area (Å²) in [6, 6.07) is 7.97. The fraction of sp³-hybridized carbons (Fsp3) is 0.0833. The lowest BCUT2D eigenvalue weighted by molar-refractivity contribution is 0.954. The lowest BCUT2D eigenvalue weighted by Gasteiger charge is -2.01. The van der Waals surface area contributed by atoms with Crippen LogP contribution in [0.1, 0.15) is 0 Å². The Labute approximate surface area is 103 Å². The van der Waals surface area contributed by atoms with Gasteiger partial charge in [-0.25, -0.2) is 15.0 Å². The van der Waals surface area contributed by atoms with Crippen molar-refractivity contribution < 1.29 is 0 Å². The van der Waals surface area contributed by atoms with Crippen LogP contribution in [0, 0.1) is 0 Å². The number of benzene rings is 1. The minimum Gasteiger partial charge on any atom is -0.327 e. The molecule has 84 valence electrons. The Balaban J connectivity index is 2.24. The van der Waals surface area contributed by atoms with Gasteiger partial charge in [0.25, 0.3) is 0 Å². The topological polar surface area (TPSA) is 43.6 Å². The average molecular weight is 245 g/mol. The Bertz CT molecular complexity index is 673. The number of rotatable bonds is 1. The molecule has 0 spiro atoms. The monoisotopic (exact) mass is 244 g/mol. The maximum absolute atomic E-state index is 5.67. The van der Waals surface area contributed by atoms with Gasteiger partial charge >= 0.3 is 0 Å². The molecule has 17 heavy (non-hydrogen) atoms. The lowest BCUT2D eigenvalue weighted by atomic mass is 10.3. The third-order valence-electron chi connectivity index (χ3n) is 2.67. The van der Waals surface area contributed by atoms with Gasteiger partial charge in [0.2, 0.25) is 5.28 Å². The van der Waals surface area contributed by atoms with Gasteiger partial charge in [-0.1, -0.05) is 12.1 Å². The number of hydrogen-bond donors (Lipinski definition) is 0. The van der Waals surface area contributed by atoms with Crippen molar-refractivity contribution in [2.24, 2.45) is 7.05 Å². The molecule has 0 aliphatic heterocycles. The van der Waals surface area contributed by atoms with Gasteiger partial charge in [0, 0.05) is 19.4 Å². The van der Waals surface area contributed by atoms with E-state index in [1.807, 2.05) is 35.9 Å². The fourth-order valence-corrected chi connectivity index (χ4v) is 1.93. The van der Waals surface area contributed by atoms with Crippen molar-refractivity contribution in [1.82, 2.24) is 19.5 Å². The minimum absolute atomic E-state index is 0.243. The number of aromatic nitrogens is 4. The third kappa shape index (κ3) is 1.66. The molecule has 0 N–H and O–H groups in total. The highest BCUT2D eigenvalue weighted by Gasteiger charge is 2.09. The van der Waals surface area contributed by atoms with Crippen LogP contribution in [-0.2, 0) is 7.05 Å². The predicted molar refractivity (Wildman–Crippen MR) is 66.8 cm³/mol. The summed E-state index contributed by atoms with van der Waals surface area (Å²) in [4.78, 5) is 12.5. The van der Waals surface area contributed by atoms with Gasteiger partial charge in [-0.2, -0.15) is 0 Å². The van der Waals surface area contributed by atoms with Crippen LogP contribution in [0.5, 0.6) is 0 Å². The van der Waals surface area contributed by atoms with Gasteiger partial charge in [0.05, 0.1) is 16.6 Å². The Hall–Kier alpha value is -1.94. The van der Waals surface area contributed by atoms with E-state index in [0.29, 0.717) is 0 Å². The first-order valence-electron chi connectivity index (χ1n) is 5.15. The Morgan fingerprint density at radius 2 is 1.82 bits per heavy atom. The number of nitrogens with zero attached hydrogens (tertiary/aromatic N) is 4. The molecule has 0 bridgehead atoms. The van der Waals surface area contributed by atoms with Gasteiger partial charge in [0.15, 0.2) is 0 Å². The Kier molecular flexibility index (Phi) is 2.30. The van der Waals surface area contributed by atoms with Crippen LogP contribution in [0.2, 0.25) is 5.28 Å². The molecular formula is C12H9ClN4. The summed E-state index contributed by atoms with van der Waals surface area (Å²) >= 11 is 5.67. The number of aryl methyl sites for hydroxylation is 1. The van der Waals surface area contributed by atoms with Crippen LogP contribution in [0.3, 0.4) is 0 Å². The second-order valence-electron chi connectivity index (χ2n) is 3.72. The van der Waals surface area contributed by atoms with E-state index in [9.17, 15) is 0 Å². The molecule has 2 heterocycles. The summed E-state index contributed by atoms with van der Waals surface area (Å²) in [6.45, 7) is 0. The minimum atomic E-state index is 0.243. The van der Waals surface area contributed by atoms with Crippen LogP contribution in [-0.4, -0.2) is 19.5 Å². The molecule has 0 saturated heterocycles. The molecule has 0 aliphatic rings. The van der Waals surface area contributed by atoms with E-state index >= 15 is 0 Å². The van der Waals surface area contributed by atoms with Crippen LogP contribution in [0.15, 0.2) is 36.7 Å². The number of imidazole rings is 1. The van der Waals surface area contributed by atoms with Crippen molar-refractivity contribution in [3.05, 3.63) is 41.9 Å². The second-order valence-corrected chi connectivity index (χ2v) is 4.06. The summed E-state index contributed by atoms with van der Waals surface area (Å²) in [5.41, 5.74) is 2.89. The van der Waals surface area contributed by atoms with E-state index < -0.39 is 0 Å². The first-order chi connectivity index (χ1) is 8.25.